The fourth-order valence-corrected chi connectivity index (χ4v) is 4.98. The van der Waals surface area contributed by atoms with Crippen LogP contribution in [0.15, 0.2) is 42.5 Å². The fourth-order valence-electron chi connectivity index (χ4n) is 3.71. The molecule has 2 aromatic carbocycles. The summed E-state index contributed by atoms with van der Waals surface area (Å²) in [5.74, 6) is -0.747. The van der Waals surface area contributed by atoms with Gasteiger partial charge in [0.15, 0.2) is 11.5 Å². The third-order valence-corrected chi connectivity index (χ3v) is 7.07. The molecule has 0 aliphatic carbocycles. The van der Waals surface area contributed by atoms with Crippen molar-refractivity contribution in [1.29, 1.82) is 0 Å². The number of aliphatic hydroxyl groups is 1. The maximum absolute atomic E-state index is 13.5. The standard InChI is InChI=1S/C23H22ClF3N4O6S/c1-29-20-19(21(33)31(38(29)34)9-4-10-32)30(13-14-7-8-17(24)18(11-14)35-2)22(28-20)36-15-5-3-6-16(12-15)37-23(25,26)27/h3,5-8,11-12,32H,4,9-10,13H2,1-2H3. The zero-order chi connectivity index (χ0) is 27.6. The molecule has 2 heterocycles. The highest BCUT2D eigenvalue weighted by atomic mass is 35.5. The second kappa shape index (κ2) is 11.1. The fraction of sp³-hybridized carbons (Fsp3) is 0.304. The maximum atomic E-state index is 13.5. The van der Waals surface area contributed by atoms with Crippen molar-refractivity contribution >= 4 is 34.5 Å². The molecule has 38 heavy (non-hydrogen) atoms. The van der Waals surface area contributed by atoms with E-state index in [-0.39, 0.29) is 49.4 Å². The molecule has 10 nitrogen and oxygen atoms in total. The minimum atomic E-state index is -4.90. The van der Waals surface area contributed by atoms with Gasteiger partial charge in [-0.05, 0) is 36.2 Å². The molecule has 0 saturated carbocycles. The summed E-state index contributed by atoms with van der Waals surface area (Å²) in [6.07, 6.45) is -4.71. The van der Waals surface area contributed by atoms with Crippen LogP contribution in [0.25, 0.3) is 0 Å². The molecule has 1 amide bonds. The van der Waals surface area contributed by atoms with E-state index >= 15 is 0 Å². The number of ether oxygens (including phenoxy) is 3. The lowest BCUT2D eigenvalue weighted by Gasteiger charge is -2.31. The Kier molecular flexibility index (Phi) is 8.04. The van der Waals surface area contributed by atoms with Gasteiger partial charge < -0.3 is 19.3 Å². The predicted octanol–water partition coefficient (Wildman–Crippen LogP) is 4.14. The summed E-state index contributed by atoms with van der Waals surface area (Å²) >= 11 is 4.20. The van der Waals surface area contributed by atoms with E-state index in [0.717, 1.165) is 16.4 Å². The molecule has 1 N–H and O–H groups in total. The molecule has 1 aliphatic heterocycles. The lowest BCUT2D eigenvalue weighted by Crippen LogP contribution is -2.47. The lowest BCUT2D eigenvalue weighted by molar-refractivity contribution is -0.274. The van der Waals surface area contributed by atoms with E-state index in [1.165, 1.54) is 35.2 Å². The van der Waals surface area contributed by atoms with Gasteiger partial charge in [0.05, 0.1) is 18.7 Å². The Hall–Kier alpha value is -3.49. The minimum absolute atomic E-state index is 0.0126. The van der Waals surface area contributed by atoms with Crippen molar-refractivity contribution < 1.29 is 41.5 Å². The molecular formula is C23H22ClF3N4O6S. The van der Waals surface area contributed by atoms with Gasteiger partial charge in [-0.3, -0.25) is 13.7 Å². The van der Waals surface area contributed by atoms with E-state index in [0.29, 0.717) is 16.3 Å². The van der Waals surface area contributed by atoms with Crippen molar-refractivity contribution in [1.82, 2.24) is 13.9 Å². The van der Waals surface area contributed by atoms with E-state index in [4.69, 9.17) is 21.1 Å². The minimum Gasteiger partial charge on any atom is -0.495 e. The van der Waals surface area contributed by atoms with Gasteiger partial charge in [-0.2, -0.15) is 4.98 Å². The maximum Gasteiger partial charge on any atom is 0.573 e. The SMILES string of the molecule is COc1cc(Cn2c(Oc3cccc(OC(F)(F)F)c3)nc3c2C(=O)N(CCCO)S(=O)N3C)ccc1Cl. The van der Waals surface area contributed by atoms with Crippen molar-refractivity contribution in [3.8, 4) is 23.3 Å². The van der Waals surface area contributed by atoms with Gasteiger partial charge in [0, 0.05) is 26.3 Å². The van der Waals surface area contributed by atoms with Gasteiger partial charge in [0.1, 0.15) is 17.2 Å². The number of hydrogen-bond acceptors (Lipinski definition) is 7. The van der Waals surface area contributed by atoms with E-state index in [9.17, 15) is 27.3 Å². The molecular weight excluding hydrogens is 553 g/mol. The van der Waals surface area contributed by atoms with E-state index in [1.807, 2.05) is 0 Å². The molecule has 0 fully saturated rings. The average molecular weight is 575 g/mol. The number of benzene rings is 2. The molecule has 1 atom stereocenters. The van der Waals surface area contributed by atoms with Gasteiger partial charge in [-0.25, -0.2) is 8.51 Å². The number of aromatic nitrogens is 2. The molecule has 1 unspecified atom stereocenters. The van der Waals surface area contributed by atoms with E-state index in [2.05, 4.69) is 9.72 Å². The van der Waals surface area contributed by atoms with Crippen molar-refractivity contribution in [2.45, 2.75) is 19.3 Å². The van der Waals surface area contributed by atoms with Crippen LogP contribution in [0.4, 0.5) is 19.0 Å². The largest absolute Gasteiger partial charge is 0.573 e. The number of anilines is 1. The van der Waals surface area contributed by atoms with Gasteiger partial charge in [0.25, 0.3) is 5.91 Å². The molecule has 0 saturated heterocycles. The van der Waals surface area contributed by atoms with Crippen LogP contribution in [0, 0.1) is 0 Å². The van der Waals surface area contributed by atoms with Gasteiger partial charge in [-0.15, -0.1) is 13.2 Å². The summed E-state index contributed by atoms with van der Waals surface area (Å²) in [4.78, 5) is 17.8. The molecule has 3 aromatic rings. The summed E-state index contributed by atoms with van der Waals surface area (Å²) in [6.45, 7) is -0.186. The number of aliphatic hydroxyl groups excluding tert-OH is 1. The van der Waals surface area contributed by atoms with Gasteiger partial charge in [-0.1, -0.05) is 23.7 Å². The Labute approximate surface area is 222 Å². The van der Waals surface area contributed by atoms with E-state index in [1.54, 1.807) is 18.2 Å². The van der Waals surface area contributed by atoms with Crippen LogP contribution in [-0.4, -0.2) is 62.8 Å². The Morgan fingerprint density at radius 1 is 1.16 bits per heavy atom. The lowest BCUT2D eigenvalue weighted by atomic mass is 10.2. The number of halogens is 4. The van der Waals surface area contributed by atoms with Crippen LogP contribution in [0.3, 0.4) is 0 Å². The Morgan fingerprint density at radius 2 is 1.89 bits per heavy atom. The topological polar surface area (TPSA) is 106 Å². The zero-order valence-electron chi connectivity index (χ0n) is 20.1. The third-order valence-electron chi connectivity index (χ3n) is 5.39. The summed E-state index contributed by atoms with van der Waals surface area (Å²) < 4.78 is 69.9. The first-order valence-electron chi connectivity index (χ1n) is 11.1. The number of hydrogen-bond donors (Lipinski definition) is 1. The Balaban J connectivity index is 1.79. The first-order chi connectivity index (χ1) is 18.0. The molecule has 0 bridgehead atoms. The number of rotatable bonds is 9. The molecule has 15 heteroatoms. The first kappa shape index (κ1) is 27.5. The number of alkyl halides is 3. The smallest absolute Gasteiger partial charge is 0.495 e. The Morgan fingerprint density at radius 3 is 2.58 bits per heavy atom. The number of imidazole rings is 1. The van der Waals surface area contributed by atoms with Crippen LogP contribution in [0.5, 0.6) is 23.3 Å². The second-order valence-electron chi connectivity index (χ2n) is 7.96. The van der Waals surface area contributed by atoms with Crippen LogP contribution in [0.2, 0.25) is 5.02 Å². The number of nitrogens with zero attached hydrogens (tertiary/aromatic N) is 4. The zero-order valence-corrected chi connectivity index (χ0v) is 21.6. The molecule has 0 spiro atoms. The third kappa shape index (κ3) is 5.81. The average Bonchev–Trinajstić information content (AvgIpc) is 3.20. The van der Waals surface area contributed by atoms with Crippen molar-refractivity contribution in [3.63, 3.8) is 0 Å². The highest BCUT2D eigenvalue weighted by molar-refractivity contribution is 7.84. The van der Waals surface area contributed by atoms with Crippen molar-refractivity contribution in [2.75, 3.05) is 31.6 Å². The highest BCUT2D eigenvalue weighted by Gasteiger charge is 2.40. The van der Waals surface area contributed by atoms with Crippen LogP contribution >= 0.6 is 11.6 Å². The van der Waals surface area contributed by atoms with E-state index < -0.39 is 29.2 Å². The molecule has 0 radical (unpaired) electrons. The predicted molar refractivity (Wildman–Crippen MR) is 132 cm³/mol. The number of fused-ring (bicyclic) bond motifs is 1. The summed E-state index contributed by atoms with van der Waals surface area (Å²) in [5.41, 5.74) is 0.672. The highest BCUT2D eigenvalue weighted by Crippen LogP contribution is 2.36. The molecule has 204 valence electrons. The second-order valence-corrected chi connectivity index (χ2v) is 9.82. The summed E-state index contributed by atoms with van der Waals surface area (Å²) in [5, 5.41) is 9.59. The van der Waals surface area contributed by atoms with Crippen LogP contribution < -0.4 is 18.5 Å². The summed E-state index contributed by atoms with van der Waals surface area (Å²) in [7, 11) is 2.92. The number of methoxy groups -OCH3 is 1. The van der Waals surface area contributed by atoms with Gasteiger partial charge in [0.2, 0.25) is 11.2 Å². The van der Waals surface area contributed by atoms with Crippen LogP contribution in [0.1, 0.15) is 22.5 Å². The van der Waals surface area contributed by atoms with Crippen LogP contribution in [-0.2, 0) is 17.7 Å². The van der Waals surface area contributed by atoms with Crippen molar-refractivity contribution in [3.05, 3.63) is 58.7 Å². The number of amides is 1. The van der Waals surface area contributed by atoms with Gasteiger partial charge >= 0.3 is 12.4 Å². The first-order valence-corrected chi connectivity index (χ1v) is 12.5. The monoisotopic (exact) mass is 574 g/mol. The molecule has 4 rings (SSSR count). The number of carbonyl (C=O) groups is 1. The Bertz CT molecular complexity index is 1370. The molecule has 1 aliphatic rings. The quantitative estimate of drug-likeness (QED) is 0.409. The van der Waals surface area contributed by atoms with Crippen molar-refractivity contribution in [2.24, 2.45) is 0 Å². The number of carbonyl (C=O) groups excluding carboxylic acids is 1. The molecule has 1 aromatic heterocycles. The summed E-state index contributed by atoms with van der Waals surface area (Å²) in [6, 6.07) is 9.63. The normalized spacial score (nSPS) is 15.4.